The molecule has 0 aromatic heterocycles. The fourth-order valence-electron chi connectivity index (χ4n) is 4.29. The molecule has 0 heterocycles. The SMILES string of the molecule is CCCCCCN(C(=O)C(NC(=O)OC(C)(C)C)C(C)C)C(C(=O)NCCCCC)c1ccc(C)c(C)c1. The van der Waals surface area contributed by atoms with E-state index in [9.17, 15) is 14.4 Å². The maximum absolute atomic E-state index is 14.2. The van der Waals surface area contributed by atoms with Gasteiger partial charge in [-0.15, -0.1) is 0 Å². The average molecular weight is 532 g/mol. The molecule has 2 unspecified atom stereocenters. The summed E-state index contributed by atoms with van der Waals surface area (Å²) in [5, 5.41) is 5.88. The van der Waals surface area contributed by atoms with Gasteiger partial charge in [-0.2, -0.15) is 0 Å². The van der Waals surface area contributed by atoms with Crippen LogP contribution in [0.25, 0.3) is 0 Å². The maximum atomic E-state index is 14.2. The molecule has 1 aromatic rings. The summed E-state index contributed by atoms with van der Waals surface area (Å²) in [5.41, 5.74) is 2.29. The number of amides is 3. The number of carbonyl (C=O) groups excluding carboxylic acids is 3. The van der Waals surface area contributed by atoms with Gasteiger partial charge < -0.3 is 20.3 Å². The van der Waals surface area contributed by atoms with Crippen molar-refractivity contribution in [2.45, 2.75) is 125 Å². The third-order valence-electron chi connectivity index (χ3n) is 6.63. The van der Waals surface area contributed by atoms with Crippen molar-refractivity contribution in [3.8, 4) is 0 Å². The van der Waals surface area contributed by atoms with Crippen LogP contribution < -0.4 is 10.6 Å². The molecule has 0 saturated carbocycles. The van der Waals surface area contributed by atoms with Crippen molar-refractivity contribution in [3.05, 3.63) is 34.9 Å². The zero-order chi connectivity index (χ0) is 28.9. The summed E-state index contributed by atoms with van der Waals surface area (Å²) in [5.74, 6) is -0.650. The fourth-order valence-corrected chi connectivity index (χ4v) is 4.29. The zero-order valence-corrected chi connectivity index (χ0v) is 25.4. The van der Waals surface area contributed by atoms with Gasteiger partial charge >= 0.3 is 6.09 Å². The number of unbranched alkanes of at least 4 members (excludes halogenated alkanes) is 5. The maximum Gasteiger partial charge on any atom is 0.408 e. The minimum absolute atomic E-state index is 0.187. The first-order valence-electron chi connectivity index (χ1n) is 14.5. The van der Waals surface area contributed by atoms with Crippen LogP contribution in [-0.2, 0) is 14.3 Å². The molecule has 38 heavy (non-hydrogen) atoms. The molecule has 0 aliphatic heterocycles. The lowest BCUT2D eigenvalue weighted by Gasteiger charge is -2.36. The van der Waals surface area contributed by atoms with E-state index in [4.69, 9.17) is 4.74 Å². The molecular weight excluding hydrogens is 478 g/mol. The number of rotatable bonds is 15. The fraction of sp³-hybridized carbons (Fsp3) is 0.710. The normalized spacial score (nSPS) is 13.1. The van der Waals surface area contributed by atoms with Crippen LogP contribution in [0.1, 0.15) is 116 Å². The van der Waals surface area contributed by atoms with E-state index in [1.54, 1.807) is 25.7 Å². The van der Waals surface area contributed by atoms with E-state index in [1.165, 1.54) is 0 Å². The van der Waals surface area contributed by atoms with E-state index in [1.807, 2.05) is 45.9 Å². The van der Waals surface area contributed by atoms with E-state index in [-0.39, 0.29) is 17.7 Å². The van der Waals surface area contributed by atoms with Crippen LogP contribution in [0.2, 0.25) is 0 Å². The van der Waals surface area contributed by atoms with Crippen LogP contribution in [0.15, 0.2) is 18.2 Å². The van der Waals surface area contributed by atoms with E-state index < -0.39 is 23.8 Å². The van der Waals surface area contributed by atoms with Crippen molar-refractivity contribution in [2.24, 2.45) is 5.92 Å². The highest BCUT2D eigenvalue weighted by atomic mass is 16.6. The molecule has 0 bridgehead atoms. The number of benzene rings is 1. The van der Waals surface area contributed by atoms with E-state index in [0.29, 0.717) is 13.1 Å². The molecule has 0 aliphatic rings. The van der Waals surface area contributed by atoms with Crippen molar-refractivity contribution in [3.63, 3.8) is 0 Å². The summed E-state index contributed by atoms with van der Waals surface area (Å²) < 4.78 is 5.46. The van der Waals surface area contributed by atoms with Gasteiger partial charge in [0.2, 0.25) is 11.8 Å². The summed E-state index contributed by atoms with van der Waals surface area (Å²) in [7, 11) is 0. The molecule has 216 valence electrons. The second kappa shape index (κ2) is 16.4. The molecule has 3 amide bonds. The molecule has 2 N–H and O–H groups in total. The lowest BCUT2D eigenvalue weighted by molar-refractivity contribution is -0.143. The standard InChI is InChI=1S/C31H53N3O4/c1-10-12-14-16-20-34(29(36)26(22(3)4)33-30(37)38-31(7,8)9)27(28(35)32-19-15-13-11-2)25-18-17-23(5)24(6)21-25/h17-18,21-22,26-27H,10-16,19-20H2,1-9H3,(H,32,35)(H,33,37). The number of hydrogen-bond donors (Lipinski definition) is 2. The van der Waals surface area contributed by atoms with Crippen molar-refractivity contribution in [1.29, 1.82) is 0 Å². The van der Waals surface area contributed by atoms with Crippen LogP contribution in [0.4, 0.5) is 4.79 Å². The Kier molecular flexibility index (Phi) is 14.4. The van der Waals surface area contributed by atoms with Crippen molar-refractivity contribution in [2.75, 3.05) is 13.1 Å². The van der Waals surface area contributed by atoms with Gasteiger partial charge in [-0.25, -0.2) is 4.79 Å². The highest BCUT2D eigenvalue weighted by Gasteiger charge is 2.37. The molecular formula is C31H53N3O4. The predicted octanol–water partition coefficient (Wildman–Crippen LogP) is 6.61. The van der Waals surface area contributed by atoms with Crippen LogP contribution in [0, 0.1) is 19.8 Å². The Morgan fingerprint density at radius 1 is 0.921 bits per heavy atom. The van der Waals surface area contributed by atoms with Crippen LogP contribution in [0.5, 0.6) is 0 Å². The molecule has 1 rings (SSSR count). The molecule has 0 radical (unpaired) electrons. The Morgan fingerprint density at radius 2 is 1.55 bits per heavy atom. The Hall–Kier alpha value is -2.57. The monoisotopic (exact) mass is 531 g/mol. The zero-order valence-electron chi connectivity index (χ0n) is 25.4. The highest BCUT2D eigenvalue weighted by Crippen LogP contribution is 2.26. The summed E-state index contributed by atoms with van der Waals surface area (Å²) in [6.07, 6.45) is 6.22. The molecule has 7 heteroatoms. The molecule has 2 atom stereocenters. The van der Waals surface area contributed by atoms with Gasteiger partial charge in [0.15, 0.2) is 0 Å². The number of nitrogens with one attached hydrogen (secondary N) is 2. The number of nitrogens with zero attached hydrogens (tertiary/aromatic N) is 1. The van der Waals surface area contributed by atoms with Crippen LogP contribution in [-0.4, -0.2) is 47.5 Å². The summed E-state index contributed by atoms with van der Waals surface area (Å²) >= 11 is 0. The molecule has 0 fully saturated rings. The van der Waals surface area contributed by atoms with E-state index in [2.05, 4.69) is 24.5 Å². The quantitative estimate of drug-likeness (QED) is 0.249. The van der Waals surface area contributed by atoms with Gasteiger partial charge in [0, 0.05) is 13.1 Å². The molecule has 0 spiro atoms. The van der Waals surface area contributed by atoms with Crippen LogP contribution in [0.3, 0.4) is 0 Å². The Morgan fingerprint density at radius 3 is 2.11 bits per heavy atom. The van der Waals surface area contributed by atoms with Gasteiger partial charge in [0.1, 0.15) is 17.7 Å². The Bertz CT molecular complexity index is 892. The van der Waals surface area contributed by atoms with Gasteiger partial charge in [0.25, 0.3) is 0 Å². The topological polar surface area (TPSA) is 87.7 Å². The molecule has 1 aromatic carbocycles. The van der Waals surface area contributed by atoms with Gasteiger partial charge in [-0.3, -0.25) is 9.59 Å². The first kappa shape index (κ1) is 33.5. The third kappa shape index (κ3) is 11.4. The smallest absolute Gasteiger partial charge is 0.408 e. The largest absolute Gasteiger partial charge is 0.444 e. The summed E-state index contributed by atoms with van der Waals surface area (Å²) in [6, 6.07) is 4.34. The molecule has 0 aliphatic carbocycles. The Balaban J connectivity index is 3.45. The van der Waals surface area contributed by atoms with Crippen molar-refractivity contribution >= 4 is 17.9 Å². The average Bonchev–Trinajstić information content (AvgIpc) is 2.82. The summed E-state index contributed by atoms with van der Waals surface area (Å²) in [6.45, 7) is 18.5. The molecule has 0 saturated heterocycles. The van der Waals surface area contributed by atoms with Crippen LogP contribution >= 0.6 is 0 Å². The third-order valence-corrected chi connectivity index (χ3v) is 6.63. The van der Waals surface area contributed by atoms with Crippen molar-refractivity contribution in [1.82, 2.24) is 15.5 Å². The minimum Gasteiger partial charge on any atom is -0.444 e. The lowest BCUT2D eigenvalue weighted by atomic mass is 9.96. The highest BCUT2D eigenvalue weighted by molar-refractivity contribution is 5.92. The number of aryl methyl sites for hydroxylation is 2. The Labute approximate surface area is 231 Å². The van der Waals surface area contributed by atoms with E-state index >= 15 is 0 Å². The number of alkyl carbamates (subject to hydrolysis) is 1. The molecule has 7 nitrogen and oxygen atoms in total. The van der Waals surface area contributed by atoms with E-state index in [0.717, 1.165) is 61.6 Å². The number of ether oxygens (including phenoxy) is 1. The lowest BCUT2D eigenvalue weighted by Crippen LogP contribution is -2.55. The van der Waals surface area contributed by atoms with Gasteiger partial charge in [0.05, 0.1) is 0 Å². The van der Waals surface area contributed by atoms with Crippen molar-refractivity contribution < 1.29 is 19.1 Å². The first-order valence-corrected chi connectivity index (χ1v) is 14.5. The first-order chi connectivity index (χ1) is 17.8. The number of hydrogen-bond acceptors (Lipinski definition) is 4. The number of carbonyl (C=O) groups is 3. The summed E-state index contributed by atoms with van der Waals surface area (Å²) in [4.78, 5) is 42.2. The van der Waals surface area contributed by atoms with Gasteiger partial charge in [-0.05, 0) is 70.1 Å². The second-order valence-electron chi connectivity index (χ2n) is 11.7. The second-order valence-corrected chi connectivity index (χ2v) is 11.7. The predicted molar refractivity (Wildman–Crippen MR) is 155 cm³/mol. The van der Waals surface area contributed by atoms with Gasteiger partial charge in [-0.1, -0.05) is 78.0 Å². The minimum atomic E-state index is -0.821.